The minimum Gasteiger partial charge on any atom is -0.450 e. The standard InChI is InChI=1S/C20H17ClN2O5/c1-2-22-19(25)12-4-3-5-15(9-12)23-18(24)11-27-20(26)17-10-13-8-14(21)6-7-16(13)28-17/h3-10H,2,11H2,1H3,(H,22,25)(H,23,24). The number of amides is 2. The Morgan fingerprint density at radius 3 is 2.71 bits per heavy atom. The number of esters is 1. The number of fused-ring (bicyclic) bond motifs is 1. The molecule has 7 nitrogen and oxygen atoms in total. The monoisotopic (exact) mass is 400 g/mol. The minimum atomic E-state index is -0.765. The topological polar surface area (TPSA) is 97.6 Å². The Balaban J connectivity index is 1.58. The summed E-state index contributed by atoms with van der Waals surface area (Å²) in [4.78, 5) is 36.0. The summed E-state index contributed by atoms with van der Waals surface area (Å²) in [7, 11) is 0. The Morgan fingerprint density at radius 2 is 1.93 bits per heavy atom. The Kier molecular flexibility index (Phi) is 5.96. The lowest BCUT2D eigenvalue weighted by atomic mass is 10.2. The molecule has 1 heterocycles. The number of rotatable bonds is 6. The van der Waals surface area contributed by atoms with Gasteiger partial charge in [-0.05, 0) is 49.4 Å². The lowest BCUT2D eigenvalue weighted by Crippen LogP contribution is -2.23. The largest absolute Gasteiger partial charge is 0.450 e. The van der Waals surface area contributed by atoms with Crippen molar-refractivity contribution >= 4 is 46.0 Å². The Bertz CT molecular complexity index is 1040. The number of hydrogen-bond donors (Lipinski definition) is 2. The summed E-state index contributed by atoms with van der Waals surface area (Å²) in [5.41, 5.74) is 1.32. The van der Waals surface area contributed by atoms with Crippen LogP contribution in [0.1, 0.15) is 27.8 Å². The quantitative estimate of drug-likeness (QED) is 0.616. The summed E-state index contributed by atoms with van der Waals surface area (Å²) in [6.07, 6.45) is 0. The summed E-state index contributed by atoms with van der Waals surface area (Å²) in [5, 5.41) is 6.43. The second-order valence-corrected chi connectivity index (χ2v) is 6.29. The van der Waals surface area contributed by atoms with E-state index in [1.807, 2.05) is 6.92 Å². The molecule has 0 atom stereocenters. The molecule has 0 aliphatic rings. The van der Waals surface area contributed by atoms with Crippen molar-refractivity contribution in [1.29, 1.82) is 0 Å². The van der Waals surface area contributed by atoms with Gasteiger partial charge in [-0.25, -0.2) is 4.79 Å². The summed E-state index contributed by atoms with van der Waals surface area (Å²) in [6.45, 7) is 1.82. The van der Waals surface area contributed by atoms with Crippen molar-refractivity contribution in [2.45, 2.75) is 6.92 Å². The van der Waals surface area contributed by atoms with Gasteiger partial charge in [-0.1, -0.05) is 17.7 Å². The first-order valence-electron chi connectivity index (χ1n) is 8.50. The van der Waals surface area contributed by atoms with E-state index in [-0.39, 0.29) is 11.7 Å². The molecule has 0 fully saturated rings. The number of hydrogen-bond acceptors (Lipinski definition) is 5. The fraction of sp³-hybridized carbons (Fsp3) is 0.150. The molecule has 28 heavy (non-hydrogen) atoms. The Hall–Kier alpha value is -3.32. The fourth-order valence-corrected chi connectivity index (χ4v) is 2.70. The third-order valence-corrected chi connectivity index (χ3v) is 3.99. The van der Waals surface area contributed by atoms with E-state index in [1.165, 1.54) is 12.1 Å². The van der Waals surface area contributed by atoms with Crippen molar-refractivity contribution in [1.82, 2.24) is 5.32 Å². The molecule has 2 aromatic carbocycles. The van der Waals surface area contributed by atoms with Crippen LogP contribution in [-0.4, -0.2) is 30.9 Å². The molecular weight excluding hydrogens is 384 g/mol. The molecule has 0 saturated heterocycles. The molecular formula is C20H17ClN2O5. The molecule has 0 saturated carbocycles. The van der Waals surface area contributed by atoms with Gasteiger partial charge in [-0.15, -0.1) is 0 Å². The van der Waals surface area contributed by atoms with E-state index in [0.717, 1.165) is 0 Å². The van der Waals surface area contributed by atoms with E-state index in [4.69, 9.17) is 20.8 Å². The highest BCUT2D eigenvalue weighted by Gasteiger charge is 2.16. The number of nitrogens with one attached hydrogen (secondary N) is 2. The molecule has 0 aliphatic heterocycles. The summed E-state index contributed by atoms with van der Waals surface area (Å²) in [5.74, 6) is -1.57. The third-order valence-electron chi connectivity index (χ3n) is 3.76. The lowest BCUT2D eigenvalue weighted by Gasteiger charge is -2.08. The van der Waals surface area contributed by atoms with Gasteiger partial charge in [0.25, 0.3) is 11.8 Å². The SMILES string of the molecule is CCNC(=O)c1cccc(NC(=O)COC(=O)c2cc3cc(Cl)ccc3o2)c1. The van der Waals surface area contributed by atoms with Crippen LogP contribution in [0, 0.1) is 0 Å². The molecule has 144 valence electrons. The molecule has 2 amide bonds. The molecule has 0 unspecified atom stereocenters. The van der Waals surface area contributed by atoms with Crippen LogP contribution in [0.15, 0.2) is 52.9 Å². The van der Waals surface area contributed by atoms with Crippen LogP contribution in [0.25, 0.3) is 11.0 Å². The third kappa shape index (κ3) is 4.69. The first-order chi connectivity index (χ1) is 13.5. The van der Waals surface area contributed by atoms with Crippen LogP contribution in [0.3, 0.4) is 0 Å². The maximum Gasteiger partial charge on any atom is 0.374 e. The normalized spacial score (nSPS) is 10.5. The fourth-order valence-electron chi connectivity index (χ4n) is 2.51. The second kappa shape index (κ2) is 8.58. The van der Waals surface area contributed by atoms with Gasteiger partial charge in [0, 0.05) is 28.2 Å². The molecule has 1 aromatic heterocycles. The zero-order valence-electron chi connectivity index (χ0n) is 15.0. The van der Waals surface area contributed by atoms with Gasteiger partial charge >= 0.3 is 5.97 Å². The Labute approximate surface area is 165 Å². The van der Waals surface area contributed by atoms with E-state index in [0.29, 0.717) is 33.8 Å². The number of carbonyl (C=O) groups is 3. The number of benzene rings is 2. The molecule has 3 aromatic rings. The van der Waals surface area contributed by atoms with E-state index < -0.39 is 18.5 Å². The van der Waals surface area contributed by atoms with Crippen molar-refractivity contribution < 1.29 is 23.5 Å². The average molecular weight is 401 g/mol. The van der Waals surface area contributed by atoms with Crippen LogP contribution in [0.4, 0.5) is 5.69 Å². The van der Waals surface area contributed by atoms with Gasteiger partial charge in [-0.3, -0.25) is 9.59 Å². The van der Waals surface area contributed by atoms with Gasteiger partial charge in [0.2, 0.25) is 5.76 Å². The van der Waals surface area contributed by atoms with E-state index in [1.54, 1.807) is 36.4 Å². The van der Waals surface area contributed by atoms with Crippen LogP contribution in [0.5, 0.6) is 0 Å². The van der Waals surface area contributed by atoms with E-state index in [2.05, 4.69) is 10.6 Å². The average Bonchev–Trinajstić information content (AvgIpc) is 3.10. The van der Waals surface area contributed by atoms with Gasteiger partial charge in [0.15, 0.2) is 6.61 Å². The van der Waals surface area contributed by atoms with E-state index in [9.17, 15) is 14.4 Å². The summed E-state index contributed by atoms with van der Waals surface area (Å²) >= 11 is 5.90. The highest BCUT2D eigenvalue weighted by molar-refractivity contribution is 6.31. The number of anilines is 1. The first kappa shape index (κ1) is 19.4. The van der Waals surface area contributed by atoms with E-state index >= 15 is 0 Å². The van der Waals surface area contributed by atoms with Crippen molar-refractivity contribution in [3.63, 3.8) is 0 Å². The minimum absolute atomic E-state index is 0.0247. The van der Waals surface area contributed by atoms with Crippen LogP contribution in [0.2, 0.25) is 5.02 Å². The molecule has 2 N–H and O–H groups in total. The van der Waals surface area contributed by atoms with Gasteiger partial charge in [0.1, 0.15) is 5.58 Å². The molecule has 0 aliphatic carbocycles. The number of ether oxygens (including phenoxy) is 1. The predicted molar refractivity (Wildman–Crippen MR) is 105 cm³/mol. The summed E-state index contributed by atoms with van der Waals surface area (Å²) < 4.78 is 10.4. The first-order valence-corrected chi connectivity index (χ1v) is 8.88. The predicted octanol–water partition coefficient (Wildman–Crippen LogP) is 3.63. The molecule has 0 spiro atoms. The zero-order valence-corrected chi connectivity index (χ0v) is 15.7. The molecule has 0 bridgehead atoms. The highest BCUT2D eigenvalue weighted by atomic mass is 35.5. The second-order valence-electron chi connectivity index (χ2n) is 5.86. The van der Waals surface area contributed by atoms with Gasteiger partial charge in [-0.2, -0.15) is 0 Å². The zero-order chi connectivity index (χ0) is 20.1. The Morgan fingerprint density at radius 1 is 1.11 bits per heavy atom. The smallest absolute Gasteiger partial charge is 0.374 e. The van der Waals surface area contributed by atoms with Crippen molar-refractivity contribution in [2.75, 3.05) is 18.5 Å². The van der Waals surface area contributed by atoms with Gasteiger partial charge in [0.05, 0.1) is 0 Å². The lowest BCUT2D eigenvalue weighted by molar-refractivity contribution is -0.119. The van der Waals surface area contributed by atoms with Gasteiger partial charge < -0.3 is 19.8 Å². The van der Waals surface area contributed by atoms with Crippen molar-refractivity contribution in [2.24, 2.45) is 0 Å². The number of furan rings is 1. The maximum absolute atomic E-state index is 12.1. The number of halogens is 1. The molecule has 3 rings (SSSR count). The summed E-state index contributed by atoms with van der Waals surface area (Å²) in [6, 6.07) is 12.9. The maximum atomic E-state index is 12.1. The molecule has 0 radical (unpaired) electrons. The van der Waals surface area contributed by atoms with Crippen molar-refractivity contribution in [3.8, 4) is 0 Å². The van der Waals surface area contributed by atoms with Crippen molar-refractivity contribution in [3.05, 3.63) is 64.9 Å². The highest BCUT2D eigenvalue weighted by Crippen LogP contribution is 2.23. The van der Waals surface area contributed by atoms with Crippen LogP contribution >= 0.6 is 11.6 Å². The van der Waals surface area contributed by atoms with Crippen LogP contribution in [-0.2, 0) is 9.53 Å². The number of carbonyl (C=O) groups excluding carboxylic acids is 3. The molecule has 8 heteroatoms. The van der Waals surface area contributed by atoms with Crippen LogP contribution < -0.4 is 10.6 Å².